The van der Waals surface area contributed by atoms with E-state index in [4.69, 9.17) is 17.7 Å². The average Bonchev–Trinajstić information content (AvgIpc) is 2.75. The predicted molar refractivity (Wildman–Crippen MR) is 101 cm³/mol. The first-order valence-corrected chi connectivity index (χ1v) is 14.6. The van der Waals surface area contributed by atoms with Crippen molar-refractivity contribution in [2.45, 2.75) is 50.7 Å². The third-order valence-electron chi connectivity index (χ3n) is 4.01. The van der Waals surface area contributed by atoms with Crippen molar-refractivity contribution in [3.8, 4) is 0 Å². The lowest BCUT2D eigenvalue weighted by atomic mass is 10.1. The molecule has 2 aliphatic rings. The molecule has 4 atom stereocenters. The maximum Gasteiger partial charge on any atom is 0.330 e. The Morgan fingerprint density at radius 2 is 1.96 bits per heavy atom. The minimum Gasteiger partial charge on any atom is -0.415 e. The van der Waals surface area contributed by atoms with E-state index in [0.717, 1.165) is 0 Å². The Hall–Kier alpha value is -0.356. The summed E-state index contributed by atoms with van der Waals surface area (Å²) in [6, 6.07) is 0. The van der Waals surface area contributed by atoms with Gasteiger partial charge in [-0.2, -0.15) is 0 Å². The van der Waals surface area contributed by atoms with Crippen molar-refractivity contribution < 1.29 is 22.8 Å². The highest BCUT2D eigenvalue weighted by atomic mass is 127. The van der Waals surface area contributed by atoms with Gasteiger partial charge in [0.1, 0.15) is 18.3 Å². The lowest BCUT2D eigenvalue weighted by Crippen LogP contribution is -2.56. The maximum atomic E-state index is 12.1. The van der Waals surface area contributed by atoms with Crippen LogP contribution in [0.25, 0.3) is 0 Å². The first-order chi connectivity index (χ1) is 11.5. The van der Waals surface area contributed by atoms with Crippen LogP contribution in [0.2, 0.25) is 26.2 Å². The van der Waals surface area contributed by atoms with Gasteiger partial charge in [0.2, 0.25) is 0 Å². The molecule has 0 spiro atoms. The summed E-state index contributed by atoms with van der Waals surface area (Å²) in [5, 5.41) is 10.7. The van der Waals surface area contributed by atoms with Gasteiger partial charge in [0.25, 0.3) is 5.56 Å². The third kappa shape index (κ3) is 4.00. The Bertz CT molecular complexity index is 780. The number of aromatic nitrogens is 2. The number of aliphatic hydroxyl groups excluding tert-OH is 1. The van der Waals surface area contributed by atoms with Crippen LogP contribution in [0.1, 0.15) is 6.23 Å². The predicted octanol–water partition coefficient (Wildman–Crippen LogP) is 0.235. The molecular weight excluding hydrogens is 479 g/mol. The second-order valence-corrected chi connectivity index (χ2v) is 15.1. The van der Waals surface area contributed by atoms with E-state index in [2.05, 4.69) is 4.98 Å². The molecular formula is C13H21IN2O7Si2. The van der Waals surface area contributed by atoms with Crippen molar-refractivity contribution in [1.82, 2.24) is 9.55 Å². The van der Waals surface area contributed by atoms with Crippen molar-refractivity contribution in [2.24, 2.45) is 0 Å². The molecule has 12 heteroatoms. The highest BCUT2D eigenvalue weighted by molar-refractivity contribution is 14.1. The van der Waals surface area contributed by atoms with E-state index in [1.165, 1.54) is 10.8 Å². The van der Waals surface area contributed by atoms with E-state index >= 15 is 0 Å². The molecule has 0 aliphatic carbocycles. The van der Waals surface area contributed by atoms with E-state index in [-0.39, 0.29) is 6.61 Å². The van der Waals surface area contributed by atoms with Gasteiger partial charge in [0.05, 0.1) is 10.2 Å². The van der Waals surface area contributed by atoms with Crippen molar-refractivity contribution in [2.75, 3.05) is 6.61 Å². The molecule has 3 rings (SSSR count). The zero-order chi connectivity index (χ0) is 18.6. The molecule has 0 amide bonds. The lowest BCUT2D eigenvalue weighted by molar-refractivity contribution is -0.0574. The minimum atomic E-state index is -2.55. The first-order valence-electron chi connectivity index (χ1n) is 7.85. The quantitative estimate of drug-likeness (QED) is 0.420. The van der Waals surface area contributed by atoms with Crippen molar-refractivity contribution in [1.29, 1.82) is 0 Å². The number of rotatable bonds is 1. The van der Waals surface area contributed by atoms with Gasteiger partial charge in [-0.15, -0.1) is 0 Å². The minimum absolute atomic E-state index is 0.205. The molecule has 2 aliphatic heterocycles. The van der Waals surface area contributed by atoms with Gasteiger partial charge >= 0.3 is 22.8 Å². The standard InChI is InChI=1S/C13H21IN2O7Si2/c1-24(2)20-6-8-10(22-25(3,4)23-24)9(17)12(21-8)16-5-7(14)11(18)15-13(16)19/h5,8-10,12,17H,6H2,1-4H3,(H,15,18,19). The van der Waals surface area contributed by atoms with Crippen LogP contribution in [0.3, 0.4) is 0 Å². The highest BCUT2D eigenvalue weighted by Crippen LogP contribution is 2.35. The molecule has 25 heavy (non-hydrogen) atoms. The Labute approximate surface area is 159 Å². The molecule has 2 fully saturated rings. The van der Waals surface area contributed by atoms with E-state index < -0.39 is 52.9 Å². The van der Waals surface area contributed by atoms with Gasteiger partial charge in [0, 0.05) is 6.20 Å². The number of ether oxygens (including phenoxy) is 1. The summed E-state index contributed by atoms with van der Waals surface area (Å²) in [6.07, 6.45) is -1.89. The zero-order valence-corrected chi connectivity index (χ0v) is 18.5. The van der Waals surface area contributed by atoms with Gasteiger partial charge in [-0.3, -0.25) is 14.3 Å². The molecule has 3 heterocycles. The van der Waals surface area contributed by atoms with Crippen molar-refractivity contribution in [3.63, 3.8) is 0 Å². The van der Waals surface area contributed by atoms with Gasteiger partial charge in [-0.1, -0.05) is 0 Å². The molecule has 1 aromatic rings. The fourth-order valence-electron chi connectivity index (χ4n) is 3.13. The van der Waals surface area contributed by atoms with Crippen LogP contribution < -0.4 is 11.2 Å². The summed E-state index contributed by atoms with van der Waals surface area (Å²) in [4.78, 5) is 25.9. The third-order valence-corrected chi connectivity index (χ3v) is 10.4. The van der Waals surface area contributed by atoms with Gasteiger partial charge in [-0.05, 0) is 48.8 Å². The fourth-order valence-corrected chi connectivity index (χ4v) is 10.2. The number of halogens is 1. The molecule has 1 aromatic heterocycles. The molecule has 0 saturated carbocycles. The molecule has 0 bridgehead atoms. The summed E-state index contributed by atoms with van der Waals surface area (Å²) < 4.78 is 25.5. The smallest absolute Gasteiger partial charge is 0.330 e. The van der Waals surface area contributed by atoms with Crippen LogP contribution in [0.15, 0.2) is 15.8 Å². The Morgan fingerprint density at radius 1 is 1.28 bits per heavy atom. The van der Waals surface area contributed by atoms with Crippen LogP contribution in [0.4, 0.5) is 0 Å². The molecule has 2 saturated heterocycles. The Balaban J connectivity index is 1.94. The monoisotopic (exact) mass is 500 g/mol. The second kappa shape index (κ2) is 6.67. The highest BCUT2D eigenvalue weighted by Gasteiger charge is 2.52. The van der Waals surface area contributed by atoms with E-state index in [1.54, 1.807) is 0 Å². The molecule has 2 N–H and O–H groups in total. The Morgan fingerprint density at radius 3 is 2.64 bits per heavy atom. The van der Waals surface area contributed by atoms with Crippen LogP contribution in [0.5, 0.6) is 0 Å². The SMILES string of the molecule is C[Si]1(C)OCC2OC(n3cc(I)c(=O)[nH]c3=O)C(O)C2O[Si](C)(C)O1. The summed E-state index contributed by atoms with van der Waals surface area (Å²) in [5.74, 6) is 0. The van der Waals surface area contributed by atoms with E-state index in [0.29, 0.717) is 3.57 Å². The van der Waals surface area contributed by atoms with Crippen molar-refractivity contribution >= 4 is 39.7 Å². The van der Waals surface area contributed by atoms with Gasteiger partial charge < -0.3 is 22.8 Å². The lowest BCUT2D eigenvalue weighted by Gasteiger charge is -2.39. The van der Waals surface area contributed by atoms with E-state index in [1.807, 2.05) is 48.8 Å². The number of fused-ring (bicyclic) bond motifs is 1. The first kappa shape index (κ1) is 19.4. The summed E-state index contributed by atoms with van der Waals surface area (Å²) in [7, 11) is -4.91. The Kier molecular flexibility index (Phi) is 5.18. The average molecular weight is 500 g/mol. The number of nitrogens with zero attached hydrogens (tertiary/aromatic N) is 1. The number of aromatic amines is 1. The maximum absolute atomic E-state index is 12.1. The summed E-state index contributed by atoms with van der Waals surface area (Å²) >= 11 is 1.82. The van der Waals surface area contributed by atoms with Gasteiger partial charge in [-0.25, -0.2) is 4.79 Å². The fraction of sp³-hybridized carbons (Fsp3) is 0.692. The van der Waals surface area contributed by atoms with Crippen LogP contribution in [-0.2, 0) is 17.7 Å². The van der Waals surface area contributed by atoms with Crippen LogP contribution in [0, 0.1) is 3.57 Å². The molecule has 0 radical (unpaired) electrons. The second-order valence-electron chi connectivity index (χ2n) is 6.99. The van der Waals surface area contributed by atoms with E-state index in [9.17, 15) is 14.7 Å². The number of H-pyrrole nitrogens is 1. The van der Waals surface area contributed by atoms with Crippen molar-refractivity contribution in [3.05, 3.63) is 30.6 Å². The number of aliphatic hydroxyl groups is 1. The summed E-state index contributed by atoms with van der Waals surface area (Å²) in [5.41, 5.74) is -1.12. The largest absolute Gasteiger partial charge is 0.415 e. The number of hydrogen-bond acceptors (Lipinski definition) is 7. The van der Waals surface area contributed by atoms with Gasteiger partial charge in [0.15, 0.2) is 6.23 Å². The molecule has 9 nitrogen and oxygen atoms in total. The molecule has 4 unspecified atom stereocenters. The van der Waals surface area contributed by atoms with Crippen LogP contribution >= 0.6 is 22.6 Å². The van der Waals surface area contributed by atoms with Crippen LogP contribution in [-0.4, -0.2) is 56.7 Å². The topological polar surface area (TPSA) is 112 Å². The normalized spacial score (nSPS) is 34.2. The number of nitrogens with one attached hydrogen (secondary N) is 1. The molecule has 0 aromatic carbocycles. The molecule has 140 valence electrons. The summed E-state index contributed by atoms with van der Waals surface area (Å²) in [6.45, 7) is 7.86. The number of hydrogen-bond donors (Lipinski definition) is 2. The zero-order valence-electron chi connectivity index (χ0n) is 14.3.